The Bertz CT molecular complexity index is 901. The molecule has 0 saturated carbocycles. The number of aryl methyl sites for hydroxylation is 2. The first kappa shape index (κ1) is 20.6. The average molecular weight is 407 g/mol. The second kappa shape index (κ2) is 7.70. The van der Waals surface area contributed by atoms with Gasteiger partial charge in [-0.05, 0) is 44.9 Å². The molecule has 0 amide bonds. The maximum Gasteiger partial charge on any atom is 0.340 e. The summed E-state index contributed by atoms with van der Waals surface area (Å²) in [5.74, 6) is 0.914. The van der Waals surface area contributed by atoms with Crippen molar-refractivity contribution in [1.82, 2.24) is 9.97 Å². The van der Waals surface area contributed by atoms with E-state index < -0.39 is 18.9 Å². The fraction of sp³-hybridized carbons (Fsp3) is 0.474. The number of phenolic OH excluding ortho intramolecular Hbond substituents is 1. The van der Waals surface area contributed by atoms with Crippen molar-refractivity contribution < 1.29 is 23.5 Å². The molecule has 1 fully saturated rings. The predicted molar refractivity (Wildman–Crippen MR) is 106 cm³/mol. The SMILES string of the molecule is COc1cc(C(CNc2cnc(C)cn2)P2(=O)OCC(C)(C)O2)cc(C)c1O. The third-order valence-corrected chi connectivity index (χ3v) is 6.98. The number of methoxy groups -OCH3 is 1. The van der Waals surface area contributed by atoms with Gasteiger partial charge in [-0.1, -0.05) is 6.07 Å². The number of anilines is 1. The number of benzene rings is 1. The molecule has 8 nitrogen and oxygen atoms in total. The first-order valence-corrected chi connectivity index (χ1v) is 10.6. The summed E-state index contributed by atoms with van der Waals surface area (Å²) >= 11 is 0. The van der Waals surface area contributed by atoms with E-state index >= 15 is 0 Å². The molecule has 1 aromatic carbocycles. The lowest BCUT2D eigenvalue weighted by molar-refractivity contribution is 0.137. The highest BCUT2D eigenvalue weighted by Crippen LogP contribution is 2.67. The summed E-state index contributed by atoms with van der Waals surface area (Å²) in [6, 6.07) is 3.43. The van der Waals surface area contributed by atoms with Crippen LogP contribution in [0.2, 0.25) is 0 Å². The van der Waals surface area contributed by atoms with Gasteiger partial charge in [0.1, 0.15) is 11.5 Å². The van der Waals surface area contributed by atoms with Crippen molar-refractivity contribution in [1.29, 1.82) is 0 Å². The number of nitrogens with zero attached hydrogens (tertiary/aromatic N) is 2. The highest BCUT2D eigenvalue weighted by molar-refractivity contribution is 7.54. The Morgan fingerprint density at radius 1 is 1.32 bits per heavy atom. The van der Waals surface area contributed by atoms with Crippen LogP contribution in [0.4, 0.5) is 5.82 Å². The molecule has 0 bridgehead atoms. The van der Waals surface area contributed by atoms with E-state index in [1.807, 2.05) is 20.8 Å². The first-order chi connectivity index (χ1) is 13.1. The van der Waals surface area contributed by atoms with E-state index in [1.54, 1.807) is 31.5 Å². The van der Waals surface area contributed by atoms with Gasteiger partial charge in [0.05, 0.1) is 37.4 Å². The lowest BCUT2D eigenvalue weighted by atomic mass is 10.1. The third kappa shape index (κ3) is 4.29. The Morgan fingerprint density at radius 3 is 2.64 bits per heavy atom. The number of nitrogens with one attached hydrogen (secondary N) is 1. The fourth-order valence-electron chi connectivity index (χ4n) is 3.02. The van der Waals surface area contributed by atoms with Crippen LogP contribution in [0.3, 0.4) is 0 Å². The van der Waals surface area contributed by atoms with Crippen molar-refractivity contribution in [2.24, 2.45) is 0 Å². The molecule has 9 heteroatoms. The molecule has 152 valence electrons. The maximum absolute atomic E-state index is 13.6. The van der Waals surface area contributed by atoms with Gasteiger partial charge in [0, 0.05) is 6.54 Å². The van der Waals surface area contributed by atoms with Crippen LogP contribution in [-0.2, 0) is 13.6 Å². The smallest absolute Gasteiger partial charge is 0.340 e. The van der Waals surface area contributed by atoms with E-state index in [0.29, 0.717) is 22.7 Å². The number of aromatic hydroxyl groups is 1. The largest absolute Gasteiger partial charge is 0.504 e. The fourth-order valence-corrected chi connectivity index (χ4v) is 5.44. The Hall–Kier alpha value is -2.15. The van der Waals surface area contributed by atoms with Crippen LogP contribution in [0.1, 0.15) is 36.3 Å². The van der Waals surface area contributed by atoms with Crippen molar-refractivity contribution >= 4 is 13.4 Å². The van der Waals surface area contributed by atoms with Gasteiger partial charge in [0.25, 0.3) is 0 Å². The highest BCUT2D eigenvalue weighted by atomic mass is 31.2. The molecule has 1 aliphatic heterocycles. The molecule has 2 unspecified atom stereocenters. The molecule has 1 aliphatic rings. The van der Waals surface area contributed by atoms with E-state index in [1.165, 1.54) is 7.11 Å². The van der Waals surface area contributed by atoms with E-state index in [9.17, 15) is 9.67 Å². The molecule has 1 aromatic heterocycles. The number of aromatic nitrogens is 2. The summed E-state index contributed by atoms with van der Waals surface area (Å²) in [6.45, 7) is 7.77. The van der Waals surface area contributed by atoms with Crippen LogP contribution >= 0.6 is 7.60 Å². The molecule has 3 rings (SSSR count). The number of rotatable bonds is 6. The lowest BCUT2D eigenvalue weighted by Crippen LogP contribution is -2.21. The Labute approximate surface area is 164 Å². The first-order valence-electron chi connectivity index (χ1n) is 8.98. The summed E-state index contributed by atoms with van der Waals surface area (Å²) in [6.07, 6.45) is 3.27. The Kier molecular flexibility index (Phi) is 5.66. The summed E-state index contributed by atoms with van der Waals surface area (Å²) in [4.78, 5) is 8.49. The number of ether oxygens (including phenoxy) is 1. The summed E-state index contributed by atoms with van der Waals surface area (Å²) in [7, 11) is -2.01. The molecule has 2 aromatic rings. The van der Waals surface area contributed by atoms with Crippen LogP contribution in [-0.4, -0.2) is 40.9 Å². The molecule has 2 atom stereocenters. The molecule has 0 spiro atoms. The molecule has 0 aliphatic carbocycles. The van der Waals surface area contributed by atoms with Crippen LogP contribution in [0.5, 0.6) is 11.5 Å². The van der Waals surface area contributed by atoms with Gasteiger partial charge < -0.3 is 19.7 Å². The van der Waals surface area contributed by atoms with Crippen LogP contribution in [0.25, 0.3) is 0 Å². The molecule has 0 radical (unpaired) electrons. The van der Waals surface area contributed by atoms with Gasteiger partial charge in [0.15, 0.2) is 11.5 Å². The maximum atomic E-state index is 13.6. The predicted octanol–water partition coefficient (Wildman–Crippen LogP) is 3.98. The second-order valence-electron chi connectivity index (χ2n) is 7.49. The monoisotopic (exact) mass is 407 g/mol. The molecule has 2 heterocycles. The van der Waals surface area contributed by atoms with Crippen molar-refractivity contribution in [3.8, 4) is 11.5 Å². The zero-order valence-electron chi connectivity index (χ0n) is 16.7. The molecular weight excluding hydrogens is 381 g/mol. The van der Waals surface area contributed by atoms with E-state index in [4.69, 9.17) is 13.8 Å². The topological polar surface area (TPSA) is 103 Å². The van der Waals surface area contributed by atoms with Gasteiger partial charge in [-0.2, -0.15) is 0 Å². The zero-order chi connectivity index (χ0) is 20.5. The highest BCUT2D eigenvalue weighted by Gasteiger charge is 2.48. The standard InChI is InChI=1S/C19H26N3O5P/c1-12-6-14(7-15(25-5)18(12)23)16(28(24)26-11-19(3,4)27-28)9-22-17-10-20-13(2)8-21-17/h6-8,10,16,23H,9,11H2,1-5H3,(H,21,22). The summed E-state index contributed by atoms with van der Waals surface area (Å²) in [5, 5.41) is 13.3. The minimum Gasteiger partial charge on any atom is -0.504 e. The van der Waals surface area contributed by atoms with Crippen molar-refractivity contribution in [3.63, 3.8) is 0 Å². The minimum absolute atomic E-state index is 0.0502. The Balaban J connectivity index is 1.96. The van der Waals surface area contributed by atoms with Crippen molar-refractivity contribution in [2.75, 3.05) is 25.6 Å². The lowest BCUT2D eigenvalue weighted by Gasteiger charge is -2.25. The van der Waals surface area contributed by atoms with Crippen molar-refractivity contribution in [2.45, 2.75) is 39.0 Å². The zero-order valence-corrected chi connectivity index (χ0v) is 17.6. The minimum atomic E-state index is -3.48. The van der Waals surface area contributed by atoms with Crippen LogP contribution in [0.15, 0.2) is 24.5 Å². The number of phenols is 1. The third-order valence-electron chi connectivity index (χ3n) is 4.50. The van der Waals surface area contributed by atoms with Gasteiger partial charge in [-0.25, -0.2) is 4.98 Å². The molecule has 2 N–H and O–H groups in total. The molecular formula is C19H26N3O5P. The second-order valence-corrected chi connectivity index (χ2v) is 9.64. The number of hydrogen-bond acceptors (Lipinski definition) is 8. The summed E-state index contributed by atoms with van der Waals surface area (Å²) < 4.78 is 30.4. The molecule has 28 heavy (non-hydrogen) atoms. The van der Waals surface area contributed by atoms with Gasteiger partial charge in [-0.3, -0.25) is 14.1 Å². The van der Waals surface area contributed by atoms with Gasteiger partial charge >= 0.3 is 7.60 Å². The Morgan fingerprint density at radius 2 is 2.07 bits per heavy atom. The van der Waals surface area contributed by atoms with Crippen molar-refractivity contribution in [3.05, 3.63) is 41.3 Å². The van der Waals surface area contributed by atoms with E-state index in [2.05, 4.69) is 15.3 Å². The quantitative estimate of drug-likeness (QED) is 0.693. The van der Waals surface area contributed by atoms with Crippen LogP contribution in [0, 0.1) is 13.8 Å². The van der Waals surface area contributed by atoms with Gasteiger partial charge in [-0.15, -0.1) is 0 Å². The summed E-state index contributed by atoms with van der Waals surface area (Å²) in [5.41, 5.74) is 0.830. The normalized spacial score (nSPS) is 22.0. The van der Waals surface area contributed by atoms with E-state index in [-0.39, 0.29) is 18.9 Å². The average Bonchev–Trinajstić information content (AvgIpc) is 2.93. The van der Waals surface area contributed by atoms with Crippen LogP contribution < -0.4 is 10.1 Å². The molecule has 1 saturated heterocycles. The number of hydrogen-bond donors (Lipinski definition) is 2. The van der Waals surface area contributed by atoms with E-state index in [0.717, 1.165) is 5.69 Å². The van der Waals surface area contributed by atoms with Gasteiger partial charge in [0.2, 0.25) is 0 Å².